The van der Waals surface area contributed by atoms with Gasteiger partial charge in [0, 0.05) is 43.7 Å². The van der Waals surface area contributed by atoms with Gasteiger partial charge in [-0.25, -0.2) is 4.79 Å². The van der Waals surface area contributed by atoms with Gasteiger partial charge in [-0.1, -0.05) is 60.7 Å². The highest BCUT2D eigenvalue weighted by atomic mass is 16.8. The molecule has 3 aliphatic carbocycles. The third-order valence-electron chi connectivity index (χ3n) is 12.7. The Morgan fingerprint density at radius 1 is 0.924 bits per heavy atom. The quantitative estimate of drug-likeness (QED) is 0.111. The molecule has 2 amide bonds. The molecule has 0 radical (unpaired) electrons. The maximum absolute atomic E-state index is 14.7. The van der Waals surface area contributed by atoms with Crippen LogP contribution in [0.25, 0.3) is 6.08 Å². The summed E-state index contributed by atoms with van der Waals surface area (Å²) in [4.78, 5) is 56.9. The predicted octanol–water partition coefficient (Wildman–Crippen LogP) is 2.34. The van der Waals surface area contributed by atoms with Gasteiger partial charge in [0.2, 0.25) is 11.8 Å². The Balaban J connectivity index is 1.09. The number of carbonyl (C=O) groups excluding carboxylic acids is 4. The number of aliphatic hydroxyl groups excluding tert-OH is 5. The fourth-order valence-electron chi connectivity index (χ4n) is 8.92. The Labute approximate surface area is 384 Å². The van der Waals surface area contributed by atoms with E-state index in [1.54, 1.807) is 63.3 Å². The van der Waals surface area contributed by atoms with Crippen LogP contribution in [0.3, 0.4) is 0 Å². The first-order chi connectivity index (χ1) is 31.5. The molecule has 0 spiro atoms. The molecule has 2 saturated carbocycles. The second-order valence-electron chi connectivity index (χ2n) is 18.9. The van der Waals surface area contributed by atoms with Crippen molar-refractivity contribution in [3.63, 3.8) is 0 Å². The van der Waals surface area contributed by atoms with Crippen LogP contribution in [0, 0.1) is 11.8 Å². The minimum Gasteiger partial charge on any atom is -0.460 e. The highest BCUT2D eigenvalue weighted by Gasteiger charge is 2.64. The van der Waals surface area contributed by atoms with Gasteiger partial charge in [-0.15, -0.1) is 0 Å². The number of fused-ring (bicyclic) bond motifs is 1. The Kier molecular flexibility index (Phi) is 15.8. The molecule has 10 atom stereocenters. The number of likely N-dealkylation sites (N-methyl/N-ethyl adjacent to an activating group) is 1. The van der Waals surface area contributed by atoms with Crippen molar-refractivity contribution >= 4 is 29.8 Å². The van der Waals surface area contributed by atoms with Crippen molar-refractivity contribution in [3.8, 4) is 0 Å². The van der Waals surface area contributed by atoms with E-state index in [1.807, 2.05) is 30.3 Å². The van der Waals surface area contributed by atoms with E-state index in [0.717, 1.165) is 31.2 Å². The van der Waals surface area contributed by atoms with Crippen LogP contribution in [-0.4, -0.2) is 154 Å². The molecular formula is C49H64N2O15. The fourth-order valence-corrected chi connectivity index (χ4v) is 8.92. The lowest BCUT2D eigenvalue weighted by Crippen LogP contribution is -2.59. The van der Waals surface area contributed by atoms with Crippen LogP contribution in [0.5, 0.6) is 0 Å². The summed E-state index contributed by atoms with van der Waals surface area (Å²) in [6, 6.07) is 14.1. The molecule has 2 aliphatic heterocycles. The van der Waals surface area contributed by atoms with E-state index in [9.17, 15) is 44.7 Å². The molecule has 360 valence electrons. The van der Waals surface area contributed by atoms with E-state index in [0.29, 0.717) is 5.56 Å². The summed E-state index contributed by atoms with van der Waals surface area (Å²) in [5.74, 6) is -2.68. The van der Waals surface area contributed by atoms with Crippen LogP contribution in [0.15, 0.2) is 72.3 Å². The average molecular weight is 921 g/mol. The number of hydrogen-bond donors (Lipinski definition) is 6. The molecule has 6 N–H and O–H groups in total. The molecule has 0 bridgehead atoms. The smallest absolute Gasteiger partial charge is 0.339 e. The van der Waals surface area contributed by atoms with Gasteiger partial charge >= 0.3 is 11.9 Å². The molecule has 66 heavy (non-hydrogen) atoms. The Morgan fingerprint density at radius 3 is 2.26 bits per heavy atom. The van der Waals surface area contributed by atoms with Crippen LogP contribution in [0.4, 0.5) is 0 Å². The molecule has 17 heteroatoms. The standard InChI is InChI=1S/C49H64N2O15/c1-48(2,3)65-39(54)21-20-33(26-52)50-44(58)35(23-28-11-6-5-7-12-28)51(4)45(59)30-24-36(43-37(25-30)64-49(66-43,31-16-17-31)32-18-19-32)62-46(60)34-15-9-8-13-29(34)14-10-22-61-47-42(57)41(56)40(55)38(27-53)63-47/h5-15,25,31-33,35-38,40-43,47,52-53,55-57H,16-24,26-27H2,1-4H3,(H,50,58)/t33-,35+,36+,37+,38+,40-,41-,42+,43-,47-/m0/s1. The van der Waals surface area contributed by atoms with E-state index in [1.165, 1.54) is 11.9 Å². The van der Waals surface area contributed by atoms with Gasteiger partial charge in [0.15, 0.2) is 12.1 Å². The van der Waals surface area contributed by atoms with Crippen molar-refractivity contribution in [2.75, 3.05) is 26.9 Å². The topological polar surface area (TPSA) is 240 Å². The summed E-state index contributed by atoms with van der Waals surface area (Å²) in [5.41, 5.74) is 1.04. The van der Waals surface area contributed by atoms with Crippen molar-refractivity contribution in [2.45, 2.75) is 145 Å². The SMILES string of the molecule is CN(C(=O)C1=C[C@H]2OC(C3CC3)(C3CC3)O[C@H]2[C@H](OC(=O)c2ccccc2C=CCO[C@H]2O[C@H](CO)[C@H](O)[C@H](O)[C@H]2O)C1)[C@H](Cc1ccccc1)C(=O)N[C@H](CO)CCC(=O)OC(C)(C)C. The minimum atomic E-state index is -1.60. The zero-order valence-electron chi connectivity index (χ0n) is 37.9. The van der Waals surface area contributed by atoms with Gasteiger partial charge in [-0.05, 0) is 76.1 Å². The van der Waals surface area contributed by atoms with Gasteiger partial charge in [-0.2, -0.15) is 0 Å². The average Bonchev–Trinajstić information content (AvgIpc) is 4.25. The largest absolute Gasteiger partial charge is 0.460 e. The monoisotopic (exact) mass is 920 g/mol. The summed E-state index contributed by atoms with van der Waals surface area (Å²) >= 11 is 0. The molecule has 4 fully saturated rings. The van der Waals surface area contributed by atoms with Crippen molar-refractivity contribution in [3.05, 3.63) is 89.0 Å². The predicted molar refractivity (Wildman–Crippen MR) is 236 cm³/mol. The van der Waals surface area contributed by atoms with E-state index >= 15 is 0 Å². The van der Waals surface area contributed by atoms with Gasteiger partial charge in [0.25, 0.3) is 0 Å². The molecule has 2 saturated heterocycles. The highest BCUT2D eigenvalue weighted by Crippen LogP contribution is 2.59. The van der Waals surface area contributed by atoms with E-state index < -0.39 is 109 Å². The van der Waals surface area contributed by atoms with E-state index in [4.69, 9.17) is 28.4 Å². The lowest BCUT2D eigenvalue weighted by molar-refractivity contribution is -0.298. The van der Waals surface area contributed by atoms with Gasteiger partial charge in [0.1, 0.15) is 54.4 Å². The number of ether oxygens (including phenoxy) is 6. The lowest BCUT2D eigenvalue weighted by atomic mass is 9.90. The maximum atomic E-state index is 14.7. The van der Waals surface area contributed by atoms with Gasteiger partial charge in [-0.3, -0.25) is 14.4 Å². The van der Waals surface area contributed by atoms with Crippen molar-refractivity contribution < 1.29 is 73.1 Å². The zero-order valence-corrected chi connectivity index (χ0v) is 37.9. The summed E-state index contributed by atoms with van der Waals surface area (Å²) in [6.45, 7) is 4.09. The summed E-state index contributed by atoms with van der Waals surface area (Å²) in [6.07, 6.45) is -0.738. The summed E-state index contributed by atoms with van der Waals surface area (Å²) in [7, 11) is 1.53. The van der Waals surface area contributed by atoms with E-state index in [-0.39, 0.29) is 55.3 Å². The number of benzene rings is 2. The number of carbonyl (C=O) groups is 4. The molecule has 2 aromatic rings. The van der Waals surface area contributed by atoms with Gasteiger partial charge in [0.05, 0.1) is 31.4 Å². The first-order valence-electron chi connectivity index (χ1n) is 22.9. The minimum absolute atomic E-state index is 0.0371. The third kappa shape index (κ3) is 11.8. The number of nitrogens with one attached hydrogen (secondary N) is 1. The first kappa shape index (κ1) is 49.3. The second-order valence-corrected chi connectivity index (χ2v) is 18.9. The molecule has 17 nitrogen and oxygen atoms in total. The summed E-state index contributed by atoms with van der Waals surface area (Å²) in [5, 5.41) is 53.2. The second kappa shape index (κ2) is 21.2. The van der Waals surface area contributed by atoms with Crippen LogP contribution >= 0.6 is 0 Å². The van der Waals surface area contributed by atoms with Gasteiger partial charge < -0.3 is 64.2 Å². The zero-order chi connectivity index (χ0) is 47.3. The Bertz CT molecular complexity index is 2070. The van der Waals surface area contributed by atoms with Crippen molar-refractivity contribution in [2.24, 2.45) is 11.8 Å². The van der Waals surface area contributed by atoms with Crippen molar-refractivity contribution in [1.29, 1.82) is 0 Å². The molecule has 0 unspecified atom stereocenters. The fraction of sp³-hybridized carbons (Fsp3) is 0.592. The first-order valence-corrected chi connectivity index (χ1v) is 22.9. The maximum Gasteiger partial charge on any atom is 0.339 e. The molecule has 0 aromatic heterocycles. The van der Waals surface area contributed by atoms with Crippen LogP contribution < -0.4 is 5.32 Å². The number of hydrogen-bond acceptors (Lipinski definition) is 15. The summed E-state index contributed by atoms with van der Waals surface area (Å²) < 4.78 is 36.4. The van der Waals surface area contributed by atoms with Crippen LogP contribution in [-0.2, 0) is 49.2 Å². The number of amides is 2. The molecule has 2 heterocycles. The number of esters is 2. The highest BCUT2D eigenvalue weighted by molar-refractivity contribution is 5.98. The number of rotatable bonds is 19. The molecule has 7 rings (SSSR count). The number of nitrogens with zero attached hydrogens (tertiary/aromatic N) is 1. The Morgan fingerprint density at radius 2 is 1.61 bits per heavy atom. The molecular weight excluding hydrogens is 857 g/mol. The molecule has 5 aliphatic rings. The Hall–Kier alpha value is -4.56. The lowest BCUT2D eigenvalue weighted by Gasteiger charge is -2.39. The normalized spacial score (nSPS) is 28.2. The van der Waals surface area contributed by atoms with Crippen LogP contribution in [0.1, 0.15) is 87.2 Å². The number of aliphatic hydroxyl groups is 5. The van der Waals surface area contributed by atoms with Crippen LogP contribution in [0.2, 0.25) is 0 Å². The van der Waals surface area contributed by atoms with E-state index in [2.05, 4.69) is 5.32 Å². The molecule has 2 aromatic carbocycles. The third-order valence-corrected chi connectivity index (χ3v) is 12.7. The van der Waals surface area contributed by atoms with Crippen molar-refractivity contribution in [1.82, 2.24) is 10.2 Å².